The normalized spacial score (nSPS) is 35.4. The minimum Gasteiger partial charge on any atom is -0.456 e. The molecule has 2 saturated heterocycles. The largest absolute Gasteiger partial charge is 0.456 e. The molecule has 3 aliphatic heterocycles. The second-order valence-corrected chi connectivity index (χ2v) is 15.9. The molecular formula is C45H84N2O11. The van der Waals surface area contributed by atoms with Crippen LogP contribution in [0.25, 0.3) is 0 Å². The van der Waals surface area contributed by atoms with Crippen molar-refractivity contribution >= 4 is 17.7 Å². The summed E-state index contributed by atoms with van der Waals surface area (Å²) < 4.78 is 23.9. The molecule has 0 aromatic heterocycles. The topological polar surface area (TPSA) is 198 Å². The first-order valence-corrected chi connectivity index (χ1v) is 21.8. The fourth-order valence-electron chi connectivity index (χ4n) is 8.71. The zero-order valence-corrected chi connectivity index (χ0v) is 38.2. The van der Waals surface area contributed by atoms with Crippen LogP contribution in [0.2, 0.25) is 0 Å². The molecule has 1 aliphatic carbocycles. The summed E-state index contributed by atoms with van der Waals surface area (Å²) >= 11 is 0. The van der Waals surface area contributed by atoms with Crippen LogP contribution in [0.3, 0.4) is 0 Å². The van der Waals surface area contributed by atoms with E-state index in [2.05, 4.69) is 31.7 Å². The maximum absolute atomic E-state index is 14.1. The molecule has 1 amide bonds. The van der Waals surface area contributed by atoms with E-state index in [1.54, 1.807) is 21.1 Å². The highest BCUT2D eigenvalue weighted by Crippen LogP contribution is 2.38. The fraction of sp³-hybridized carbons (Fsp3) is 0.844. The summed E-state index contributed by atoms with van der Waals surface area (Å²) in [5.41, 5.74) is 6.64. The molecule has 11 atom stereocenters. The second-order valence-electron chi connectivity index (χ2n) is 15.9. The Balaban J connectivity index is 0.00000382. The zero-order valence-electron chi connectivity index (χ0n) is 38.2. The van der Waals surface area contributed by atoms with Gasteiger partial charge >= 0.3 is 5.97 Å². The van der Waals surface area contributed by atoms with Gasteiger partial charge in [0, 0.05) is 46.8 Å². The van der Waals surface area contributed by atoms with E-state index in [1.807, 2.05) is 27.7 Å². The van der Waals surface area contributed by atoms with Crippen molar-refractivity contribution in [2.45, 2.75) is 181 Å². The first-order valence-electron chi connectivity index (χ1n) is 21.8. The first-order chi connectivity index (χ1) is 27.8. The Morgan fingerprint density at radius 3 is 2.17 bits per heavy atom. The number of cyclic esters (lactones) is 1. The molecule has 6 N–H and O–H groups in total. The average molecular weight is 829 g/mol. The van der Waals surface area contributed by atoms with Crippen LogP contribution >= 0.6 is 0 Å². The smallest absolute Gasteiger partial charge is 0.329 e. The molecule has 0 aromatic rings. The Morgan fingerprint density at radius 2 is 1.55 bits per heavy atom. The number of methoxy groups -OCH3 is 2. The van der Waals surface area contributed by atoms with Crippen LogP contribution in [-0.2, 0) is 33.3 Å². The lowest BCUT2D eigenvalue weighted by molar-refractivity contribution is -0.287. The van der Waals surface area contributed by atoms with Gasteiger partial charge in [0.1, 0.15) is 12.1 Å². The summed E-state index contributed by atoms with van der Waals surface area (Å²) in [6.07, 6.45) is 12.7. The Kier molecular flexibility index (Phi) is 28.8. The van der Waals surface area contributed by atoms with E-state index >= 15 is 0 Å². The van der Waals surface area contributed by atoms with Gasteiger partial charge in [-0.15, -0.1) is 0 Å². The highest BCUT2D eigenvalue weighted by atomic mass is 16.7. The fourth-order valence-corrected chi connectivity index (χ4v) is 8.71. The molecule has 3 fully saturated rings. The minimum absolute atomic E-state index is 0.187. The van der Waals surface area contributed by atoms with Gasteiger partial charge in [-0.2, -0.15) is 0 Å². The van der Waals surface area contributed by atoms with E-state index in [9.17, 15) is 24.6 Å². The Bertz CT molecular complexity index is 1230. The predicted molar refractivity (Wildman–Crippen MR) is 229 cm³/mol. The molecule has 3 heterocycles. The standard InChI is InChI=1S/C40H65NO9.C2H6.CH5N.2CH4O/c1-25-13-8-9-17-33(42)29(5)36(27(3)22-30-14-12-15-31(24-30)47-6)49-39(45)32-16-10-11-20-41(32)38(44)37(43)40(46)28(4)23-35(48-7)34(50-40)19-18-26(2)21-25;4*1-2/h13,22,26,28-36,42,46H,8-12,14-21,23-24H2,1-7H3;1-2H3;2H2,1H3;2*2H,1H3/b25-13+,27-22+;;;;/t26?,28?,29-,30?,31?,32?,33?,34?,35+,36?,40-;;;;/m1..../s1. The van der Waals surface area contributed by atoms with Gasteiger partial charge < -0.3 is 50.0 Å². The number of hydrogen-bond donors (Lipinski definition) is 5. The van der Waals surface area contributed by atoms with Crippen LogP contribution in [0, 0.1) is 23.7 Å². The average Bonchev–Trinajstić information content (AvgIpc) is 3.26. The van der Waals surface area contributed by atoms with Crippen LogP contribution in [0.5, 0.6) is 0 Å². The van der Waals surface area contributed by atoms with Crippen LogP contribution in [0.1, 0.15) is 138 Å². The molecule has 0 spiro atoms. The third kappa shape index (κ3) is 16.3. The van der Waals surface area contributed by atoms with Crippen molar-refractivity contribution in [1.29, 1.82) is 0 Å². The van der Waals surface area contributed by atoms with Gasteiger partial charge in [0.2, 0.25) is 5.79 Å². The van der Waals surface area contributed by atoms with Crippen molar-refractivity contribution in [2.24, 2.45) is 29.4 Å². The number of carbonyl (C=O) groups excluding carboxylic acids is 3. The van der Waals surface area contributed by atoms with Gasteiger partial charge in [0.15, 0.2) is 0 Å². The number of nitrogens with zero attached hydrogens (tertiary/aromatic N) is 1. The summed E-state index contributed by atoms with van der Waals surface area (Å²) in [7, 11) is 6.85. The number of Topliss-reactive ketones (excluding diaryl/α,β-unsaturated/α-hetero) is 1. The Hall–Kier alpha value is -2.23. The van der Waals surface area contributed by atoms with Crippen molar-refractivity contribution in [3.8, 4) is 0 Å². The Labute approximate surface area is 351 Å². The number of piperidine rings is 1. The predicted octanol–water partition coefficient (Wildman–Crippen LogP) is 5.88. The van der Waals surface area contributed by atoms with Crippen molar-refractivity contribution < 1.29 is 53.8 Å². The summed E-state index contributed by atoms with van der Waals surface area (Å²) in [5, 5.41) is 37.2. The lowest BCUT2D eigenvalue weighted by atomic mass is 9.83. The molecular weight excluding hydrogens is 744 g/mol. The molecule has 58 heavy (non-hydrogen) atoms. The second kappa shape index (κ2) is 29.9. The molecule has 4 rings (SSSR count). The number of carbonyl (C=O) groups is 3. The van der Waals surface area contributed by atoms with Crippen molar-refractivity contribution in [1.82, 2.24) is 4.90 Å². The monoisotopic (exact) mass is 829 g/mol. The van der Waals surface area contributed by atoms with Crippen LogP contribution in [-0.4, -0.2) is 127 Å². The SMILES string of the molecule is CC.CN.CO.CO.COC1CCCC(/C=C(\C)C2OC(=O)C3CCCCN3C(=O)C(=O)[C@]3(O)OC(CCC(C)C/C(C)=C/CCCC(O)[C@H]2C)[C@@H](OC)CC3C)C1. The van der Waals surface area contributed by atoms with Gasteiger partial charge in [-0.25, -0.2) is 4.79 Å². The lowest BCUT2D eigenvalue weighted by Crippen LogP contribution is -2.62. The third-order valence-electron chi connectivity index (χ3n) is 11.9. The van der Waals surface area contributed by atoms with Gasteiger partial charge in [0.25, 0.3) is 11.7 Å². The molecule has 0 aromatic carbocycles. The van der Waals surface area contributed by atoms with Gasteiger partial charge in [-0.05, 0) is 122 Å². The van der Waals surface area contributed by atoms with E-state index in [1.165, 1.54) is 17.5 Å². The van der Waals surface area contributed by atoms with Crippen molar-refractivity contribution in [3.63, 3.8) is 0 Å². The van der Waals surface area contributed by atoms with Gasteiger partial charge in [-0.3, -0.25) is 9.59 Å². The lowest BCUT2D eigenvalue weighted by Gasteiger charge is -2.45. The van der Waals surface area contributed by atoms with Crippen molar-refractivity contribution in [3.05, 3.63) is 23.3 Å². The molecule has 13 nitrogen and oxygen atoms in total. The number of aliphatic hydroxyl groups is 4. The molecule has 340 valence electrons. The number of esters is 1. The van der Waals surface area contributed by atoms with Crippen LogP contribution in [0.15, 0.2) is 23.3 Å². The number of hydrogen-bond acceptors (Lipinski definition) is 12. The zero-order chi connectivity index (χ0) is 44.6. The van der Waals surface area contributed by atoms with E-state index in [0.29, 0.717) is 44.4 Å². The maximum Gasteiger partial charge on any atom is 0.329 e. The number of rotatable bonds is 4. The van der Waals surface area contributed by atoms with E-state index in [-0.39, 0.29) is 24.7 Å². The highest BCUT2D eigenvalue weighted by Gasteiger charge is 2.55. The number of fused-ring (bicyclic) bond motifs is 3. The minimum atomic E-state index is -2.33. The van der Waals surface area contributed by atoms with Gasteiger partial charge in [-0.1, -0.05) is 58.8 Å². The quantitative estimate of drug-likeness (QED) is 0.128. The van der Waals surface area contributed by atoms with Crippen LogP contribution in [0.4, 0.5) is 0 Å². The third-order valence-corrected chi connectivity index (χ3v) is 11.9. The summed E-state index contributed by atoms with van der Waals surface area (Å²) in [4.78, 5) is 43.4. The summed E-state index contributed by atoms with van der Waals surface area (Å²) in [5.74, 6) is -5.41. The first kappa shape index (κ1) is 55.8. The molecule has 0 radical (unpaired) electrons. The molecule has 1 saturated carbocycles. The Morgan fingerprint density at radius 1 is 0.897 bits per heavy atom. The number of amides is 1. The number of nitrogens with two attached hydrogens (primary N) is 1. The number of allylic oxidation sites excluding steroid dienone is 3. The molecule has 8 unspecified atom stereocenters. The summed E-state index contributed by atoms with van der Waals surface area (Å²) in [6, 6.07) is -0.986. The molecule has 4 aliphatic rings. The van der Waals surface area contributed by atoms with E-state index in [0.717, 1.165) is 71.2 Å². The molecule has 2 bridgehead atoms. The van der Waals surface area contributed by atoms with Crippen LogP contribution < -0.4 is 5.73 Å². The highest BCUT2D eigenvalue weighted by molar-refractivity contribution is 6.39. The van der Waals surface area contributed by atoms with Gasteiger partial charge in [0.05, 0.1) is 24.4 Å². The van der Waals surface area contributed by atoms with Crippen molar-refractivity contribution in [2.75, 3.05) is 42.0 Å². The number of ether oxygens (including phenoxy) is 4. The van der Waals surface area contributed by atoms with E-state index < -0.39 is 59.6 Å². The molecule has 13 heteroatoms. The number of aliphatic hydroxyl groups excluding tert-OH is 3. The summed E-state index contributed by atoms with van der Waals surface area (Å²) in [6.45, 7) is 14.1. The number of ketones is 1. The van der Waals surface area contributed by atoms with E-state index in [4.69, 9.17) is 29.2 Å². The maximum atomic E-state index is 14.1.